The molecule has 8 heteroatoms. The summed E-state index contributed by atoms with van der Waals surface area (Å²) in [5.74, 6) is -2.96. The predicted octanol–water partition coefficient (Wildman–Crippen LogP) is 2.36. The van der Waals surface area contributed by atoms with Gasteiger partial charge in [0.25, 0.3) is 10.0 Å². The van der Waals surface area contributed by atoms with E-state index in [-0.39, 0.29) is 6.54 Å². The third kappa shape index (κ3) is 3.34. The van der Waals surface area contributed by atoms with Crippen molar-refractivity contribution in [3.8, 4) is 0 Å². The average Bonchev–Trinajstić information content (AvgIpc) is 2.42. The van der Waals surface area contributed by atoms with Crippen LogP contribution in [0.3, 0.4) is 0 Å². The molecule has 0 heterocycles. The number of anilines is 1. The lowest BCUT2D eigenvalue weighted by Gasteiger charge is -2.10. The fraction of sp³-hybridized carbons (Fsp3) is 0.0769. The number of hydrogen-bond donors (Lipinski definition) is 2. The van der Waals surface area contributed by atoms with Crippen molar-refractivity contribution < 1.29 is 21.6 Å². The summed E-state index contributed by atoms with van der Waals surface area (Å²) in [6.07, 6.45) is 0. The topological polar surface area (TPSA) is 72.2 Å². The van der Waals surface area contributed by atoms with Crippen molar-refractivity contribution >= 4 is 15.7 Å². The number of nitrogens with two attached hydrogens (primary N) is 1. The number of rotatable bonds is 4. The fourth-order valence-corrected chi connectivity index (χ4v) is 2.85. The molecule has 21 heavy (non-hydrogen) atoms. The lowest BCUT2D eigenvalue weighted by atomic mass is 10.2. The van der Waals surface area contributed by atoms with Gasteiger partial charge in [-0.1, -0.05) is 6.07 Å². The highest BCUT2D eigenvalue weighted by atomic mass is 32.2. The van der Waals surface area contributed by atoms with Gasteiger partial charge in [0.1, 0.15) is 22.3 Å². The van der Waals surface area contributed by atoms with Gasteiger partial charge in [0.2, 0.25) is 0 Å². The smallest absolute Gasteiger partial charge is 0.264 e. The van der Waals surface area contributed by atoms with Crippen LogP contribution in [0.2, 0.25) is 0 Å². The first kappa shape index (κ1) is 15.3. The molecule has 0 bridgehead atoms. The lowest BCUT2D eigenvalue weighted by Crippen LogP contribution is -2.16. The second kappa shape index (κ2) is 5.74. The third-order valence-electron chi connectivity index (χ3n) is 2.70. The van der Waals surface area contributed by atoms with Gasteiger partial charge in [-0.2, -0.15) is 0 Å². The quantitative estimate of drug-likeness (QED) is 0.909. The van der Waals surface area contributed by atoms with E-state index in [1.54, 1.807) is 0 Å². The van der Waals surface area contributed by atoms with Gasteiger partial charge in [0, 0.05) is 12.6 Å². The molecular weight excluding hydrogens is 305 g/mol. The van der Waals surface area contributed by atoms with E-state index in [4.69, 9.17) is 5.73 Å². The van der Waals surface area contributed by atoms with Crippen LogP contribution in [0.1, 0.15) is 5.56 Å². The van der Waals surface area contributed by atoms with E-state index in [9.17, 15) is 21.6 Å². The van der Waals surface area contributed by atoms with E-state index in [1.165, 1.54) is 6.07 Å². The number of sulfonamides is 1. The standard InChI is InChI=1S/C13H11F3N2O2S/c14-9-2-4-12(11(16)6-9)18-21(19,20)13-5-8(7-17)1-3-10(13)15/h1-6,18H,7,17H2. The summed E-state index contributed by atoms with van der Waals surface area (Å²) in [4.78, 5) is -0.658. The van der Waals surface area contributed by atoms with Crippen molar-refractivity contribution in [1.29, 1.82) is 0 Å². The molecule has 0 spiro atoms. The van der Waals surface area contributed by atoms with Crippen LogP contribution in [-0.2, 0) is 16.6 Å². The highest BCUT2D eigenvalue weighted by molar-refractivity contribution is 7.92. The van der Waals surface area contributed by atoms with Gasteiger partial charge in [-0.25, -0.2) is 21.6 Å². The van der Waals surface area contributed by atoms with Crippen LogP contribution in [0.15, 0.2) is 41.3 Å². The van der Waals surface area contributed by atoms with Crippen LogP contribution in [0.25, 0.3) is 0 Å². The molecule has 3 N–H and O–H groups in total. The first-order valence-electron chi connectivity index (χ1n) is 5.80. The van der Waals surface area contributed by atoms with Crippen molar-refractivity contribution in [1.82, 2.24) is 0 Å². The molecule has 4 nitrogen and oxygen atoms in total. The molecular formula is C13H11F3N2O2S. The molecule has 0 aliphatic carbocycles. The second-order valence-electron chi connectivity index (χ2n) is 4.20. The Bertz CT molecular complexity index is 779. The fourth-order valence-electron chi connectivity index (χ4n) is 1.65. The van der Waals surface area contributed by atoms with Crippen molar-refractivity contribution in [3.05, 3.63) is 59.4 Å². The third-order valence-corrected chi connectivity index (χ3v) is 4.08. The SMILES string of the molecule is NCc1ccc(F)c(S(=O)(=O)Nc2ccc(F)cc2F)c1. The van der Waals surface area contributed by atoms with Gasteiger partial charge in [-0.05, 0) is 29.8 Å². The zero-order valence-corrected chi connectivity index (χ0v) is 11.4. The Labute approximate surface area is 119 Å². The largest absolute Gasteiger partial charge is 0.326 e. The molecule has 0 aliphatic heterocycles. The number of benzene rings is 2. The first-order chi connectivity index (χ1) is 9.83. The molecule has 0 atom stereocenters. The number of hydrogen-bond acceptors (Lipinski definition) is 3. The van der Waals surface area contributed by atoms with Crippen molar-refractivity contribution in [2.45, 2.75) is 11.4 Å². The summed E-state index contributed by atoms with van der Waals surface area (Å²) >= 11 is 0. The van der Waals surface area contributed by atoms with Crippen LogP contribution in [0, 0.1) is 17.5 Å². The number of halogens is 3. The molecule has 0 amide bonds. The van der Waals surface area contributed by atoms with Crippen LogP contribution in [0.4, 0.5) is 18.9 Å². The molecule has 0 saturated heterocycles. The number of nitrogens with one attached hydrogen (secondary N) is 1. The molecule has 0 fully saturated rings. The summed E-state index contributed by atoms with van der Waals surface area (Å²) in [5.41, 5.74) is 5.29. The minimum atomic E-state index is -4.35. The molecule has 0 aromatic heterocycles. The van der Waals surface area contributed by atoms with Crippen molar-refractivity contribution in [2.75, 3.05) is 4.72 Å². The molecule has 0 unspecified atom stereocenters. The summed E-state index contributed by atoms with van der Waals surface area (Å²) in [6, 6.07) is 5.66. The van der Waals surface area contributed by atoms with E-state index in [0.717, 1.165) is 24.3 Å². The van der Waals surface area contributed by atoms with Crippen LogP contribution in [-0.4, -0.2) is 8.42 Å². The molecule has 2 aromatic rings. The van der Waals surface area contributed by atoms with Gasteiger partial charge >= 0.3 is 0 Å². The molecule has 2 rings (SSSR count). The van der Waals surface area contributed by atoms with E-state index >= 15 is 0 Å². The van der Waals surface area contributed by atoms with E-state index in [2.05, 4.69) is 0 Å². The van der Waals surface area contributed by atoms with E-state index < -0.39 is 38.1 Å². The average molecular weight is 316 g/mol. The van der Waals surface area contributed by atoms with Crippen molar-refractivity contribution in [2.24, 2.45) is 5.73 Å². The lowest BCUT2D eigenvalue weighted by molar-refractivity contribution is 0.567. The van der Waals surface area contributed by atoms with Crippen molar-refractivity contribution in [3.63, 3.8) is 0 Å². The zero-order valence-electron chi connectivity index (χ0n) is 10.6. The summed E-state index contributed by atoms with van der Waals surface area (Å²) < 4.78 is 65.9. The van der Waals surface area contributed by atoms with Gasteiger partial charge in [-0.15, -0.1) is 0 Å². The normalized spacial score (nSPS) is 11.4. The Morgan fingerprint density at radius 3 is 2.33 bits per heavy atom. The Balaban J connectivity index is 2.43. The minimum absolute atomic E-state index is 0.0215. The molecule has 0 radical (unpaired) electrons. The van der Waals surface area contributed by atoms with Gasteiger partial charge in [-0.3, -0.25) is 4.72 Å². The Kier molecular flexibility index (Phi) is 4.19. The monoisotopic (exact) mass is 316 g/mol. The summed E-state index contributed by atoms with van der Waals surface area (Å²) in [5, 5.41) is 0. The Morgan fingerprint density at radius 1 is 1.00 bits per heavy atom. The maximum atomic E-state index is 13.7. The molecule has 112 valence electrons. The Hall–Kier alpha value is -2.06. The second-order valence-corrected chi connectivity index (χ2v) is 5.85. The van der Waals surface area contributed by atoms with Crippen LogP contribution in [0.5, 0.6) is 0 Å². The van der Waals surface area contributed by atoms with Gasteiger partial charge in [0.05, 0.1) is 5.69 Å². The first-order valence-corrected chi connectivity index (χ1v) is 7.28. The Morgan fingerprint density at radius 2 is 1.71 bits per heavy atom. The summed E-state index contributed by atoms with van der Waals surface area (Å²) in [7, 11) is -4.35. The van der Waals surface area contributed by atoms with E-state index in [1.807, 2.05) is 4.72 Å². The van der Waals surface area contributed by atoms with Crippen LogP contribution >= 0.6 is 0 Å². The van der Waals surface area contributed by atoms with E-state index in [0.29, 0.717) is 11.6 Å². The highest BCUT2D eigenvalue weighted by Crippen LogP contribution is 2.22. The highest BCUT2D eigenvalue weighted by Gasteiger charge is 2.21. The maximum Gasteiger partial charge on any atom is 0.264 e. The molecule has 2 aromatic carbocycles. The zero-order chi connectivity index (χ0) is 15.6. The van der Waals surface area contributed by atoms with Gasteiger partial charge in [0.15, 0.2) is 0 Å². The molecule has 0 saturated carbocycles. The van der Waals surface area contributed by atoms with Gasteiger partial charge < -0.3 is 5.73 Å². The van der Waals surface area contributed by atoms with Crippen LogP contribution < -0.4 is 10.5 Å². The minimum Gasteiger partial charge on any atom is -0.326 e. The molecule has 0 aliphatic rings. The maximum absolute atomic E-state index is 13.7. The predicted molar refractivity (Wildman–Crippen MR) is 71.5 cm³/mol. The summed E-state index contributed by atoms with van der Waals surface area (Å²) in [6.45, 7) is 0.0215.